The Morgan fingerprint density at radius 1 is 1.36 bits per heavy atom. The van der Waals surface area contributed by atoms with Crippen molar-refractivity contribution in [2.24, 2.45) is 0 Å². The number of aliphatic hydroxyl groups excluding tert-OH is 1. The minimum Gasteiger partial charge on any atom is -0.497 e. The van der Waals surface area contributed by atoms with Crippen molar-refractivity contribution >= 4 is 12.0 Å². The second-order valence-corrected chi connectivity index (χ2v) is 4.83. The van der Waals surface area contributed by atoms with Gasteiger partial charge in [0.25, 0.3) is 0 Å². The summed E-state index contributed by atoms with van der Waals surface area (Å²) in [5.74, 6) is 0.310. The molecule has 0 aliphatic rings. The van der Waals surface area contributed by atoms with Crippen LogP contribution in [0.4, 0.5) is 0 Å². The molecule has 0 aliphatic heterocycles. The van der Waals surface area contributed by atoms with Crippen molar-refractivity contribution in [3.8, 4) is 5.75 Å². The van der Waals surface area contributed by atoms with Crippen molar-refractivity contribution in [3.63, 3.8) is 0 Å². The quantitative estimate of drug-likeness (QED) is 0.329. The lowest BCUT2D eigenvalue weighted by molar-refractivity contribution is -0.140. The third kappa shape index (κ3) is 6.18. The summed E-state index contributed by atoms with van der Waals surface area (Å²) in [6.45, 7) is 2.27. The van der Waals surface area contributed by atoms with Crippen molar-refractivity contribution < 1.29 is 24.1 Å². The summed E-state index contributed by atoms with van der Waals surface area (Å²) in [5.41, 5.74) is 0.786. The monoisotopic (exact) mass is 308 g/mol. The summed E-state index contributed by atoms with van der Waals surface area (Å²) in [6.07, 6.45) is 3.31. The Morgan fingerprint density at radius 2 is 2.14 bits per heavy atom. The zero-order valence-corrected chi connectivity index (χ0v) is 13.4. The molecular weight excluding hydrogens is 284 g/mol. The van der Waals surface area contributed by atoms with Gasteiger partial charge in [-0.15, -0.1) is 0 Å². The number of rotatable bonds is 9. The number of methoxy groups -OCH3 is 2. The summed E-state index contributed by atoms with van der Waals surface area (Å²) < 4.78 is 15.4. The number of benzene rings is 1. The second-order valence-electron chi connectivity index (χ2n) is 4.83. The Kier molecular flexibility index (Phi) is 8.07. The van der Waals surface area contributed by atoms with Crippen LogP contribution in [-0.2, 0) is 14.3 Å². The third-order valence-corrected chi connectivity index (χ3v) is 3.19. The van der Waals surface area contributed by atoms with E-state index in [0.29, 0.717) is 31.6 Å². The van der Waals surface area contributed by atoms with Gasteiger partial charge in [0.1, 0.15) is 5.75 Å². The fourth-order valence-corrected chi connectivity index (χ4v) is 1.85. The molecule has 1 atom stereocenters. The molecular formula is C17H24O5. The number of esters is 1. The van der Waals surface area contributed by atoms with E-state index in [1.807, 2.05) is 25.1 Å². The minimum absolute atomic E-state index is 0.141. The Bertz CT molecular complexity index is 496. The number of carbonyl (C=O) groups is 1. The summed E-state index contributed by atoms with van der Waals surface area (Å²) in [6, 6.07) is 7.29. The van der Waals surface area contributed by atoms with Gasteiger partial charge in [-0.1, -0.05) is 19.1 Å². The highest BCUT2D eigenvalue weighted by molar-refractivity contribution is 5.91. The maximum atomic E-state index is 11.8. The summed E-state index contributed by atoms with van der Waals surface area (Å²) >= 11 is 0. The van der Waals surface area contributed by atoms with Crippen LogP contribution < -0.4 is 4.74 Å². The molecule has 122 valence electrons. The Balaban J connectivity index is 2.71. The van der Waals surface area contributed by atoms with Crippen LogP contribution in [0, 0.1) is 0 Å². The molecule has 5 nitrogen and oxygen atoms in total. The third-order valence-electron chi connectivity index (χ3n) is 3.19. The van der Waals surface area contributed by atoms with Gasteiger partial charge in [0.2, 0.25) is 5.76 Å². The summed E-state index contributed by atoms with van der Waals surface area (Å²) in [4.78, 5) is 11.8. The second kappa shape index (κ2) is 9.84. The number of hydrogen-bond donors (Lipinski definition) is 1. The molecule has 1 aromatic carbocycles. The molecule has 0 aromatic heterocycles. The van der Waals surface area contributed by atoms with Gasteiger partial charge in [0.15, 0.2) is 0 Å². The van der Waals surface area contributed by atoms with Crippen molar-refractivity contribution in [1.29, 1.82) is 0 Å². The number of hydrogen-bond acceptors (Lipinski definition) is 5. The first kappa shape index (κ1) is 18.0. The van der Waals surface area contributed by atoms with E-state index in [9.17, 15) is 9.90 Å². The van der Waals surface area contributed by atoms with Gasteiger partial charge in [-0.3, -0.25) is 0 Å². The maximum Gasteiger partial charge on any atom is 0.373 e. The molecule has 0 saturated heterocycles. The molecule has 22 heavy (non-hydrogen) atoms. The molecule has 0 bridgehead atoms. The molecule has 1 unspecified atom stereocenters. The molecule has 0 saturated carbocycles. The molecule has 0 radical (unpaired) electrons. The van der Waals surface area contributed by atoms with Gasteiger partial charge in [-0.05, 0) is 43.0 Å². The fourth-order valence-electron chi connectivity index (χ4n) is 1.85. The topological polar surface area (TPSA) is 65.0 Å². The van der Waals surface area contributed by atoms with Crippen LogP contribution >= 0.6 is 0 Å². The molecule has 0 aliphatic carbocycles. The van der Waals surface area contributed by atoms with E-state index in [-0.39, 0.29) is 11.9 Å². The van der Waals surface area contributed by atoms with Crippen LogP contribution in [0.3, 0.4) is 0 Å². The average molecular weight is 308 g/mol. The first-order chi connectivity index (χ1) is 10.6. The van der Waals surface area contributed by atoms with Gasteiger partial charge < -0.3 is 19.3 Å². The standard InChI is InChI=1S/C17H24O5/c1-4-14(18)8-6-10-22-16(17(19)21-3)12-13-7-5-9-15(11-13)20-2/h5,7,9,11-12,14,18H,4,6,8,10H2,1-3H3. The van der Waals surface area contributed by atoms with E-state index in [2.05, 4.69) is 0 Å². The minimum atomic E-state index is -0.529. The zero-order chi connectivity index (χ0) is 16.4. The Labute approximate surface area is 131 Å². The summed E-state index contributed by atoms with van der Waals surface area (Å²) in [7, 11) is 2.89. The van der Waals surface area contributed by atoms with E-state index in [1.165, 1.54) is 7.11 Å². The number of aliphatic hydroxyl groups is 1. The fraction of sp³-hybridized carbons (Fsp3) is 0.471. The van der Waals surface area contributed by atoms with Gasteiger partial charge >= 0.3 is 5.97 Å². The lowest BCUT2D eigenvalue weighted by Gasteiger charge is -2.11. The van der Waals surface area contributed by atoms with Gasteiger partial charge in [0, 0.05) is 0 Å². The zero-order valence-electron chi connectivity index (χ0n) is 13.4. The van der Waals surface area contributed by atoms with E-state index in [4.69, 9.17) is 14.2 Å². The predicted octanol–water partition coefficient (Wildman–Crippen LogP) is 2.78. The van der Waals surface area contributed by atoms with Crippen LogP contribution in [0.25, 0.3) is 6.08 Å². The lowest BCUT2D eigenvalue weighted by atomic mass is 10.1. The Hall–Kier alpha value is -2.01. The van der Waals surface area contributed by atoms with Gasteiger partial charge in [-0.2, -0.15) is 0 Å². The van der Waals surface area contributed by atoms with Crippen LogP contribution in [0.15, 0.2) is 30.0 Å². The van der Waals surface area contributed by atoms with Crippen LogP contribution in [0.5, 0.6) is 5.75 Å². The van der Waals surface area contributed by atoms with Crippen molar-refractivity contribution in [1.82, 2.24) is 0 Å². The predicted molar refractivity (Wildman–Crippen MR) is 84.5 cm³/mol. The van der Waals surface area contributed by atoms with Crippen LogP contribution in [0.2, 0.25) is 0 Å². The highest BCUT2D eigenvalue weighted by Crippen LogP contribution is 2.16. The maximum absolute atomic E-state index is 11.8. The van der Waals surface area contributed by atoms with Gasteiger partial charge in [0.05, 0.1) is 26.9 Å². The molecule has 0 amide bonds. The molecule has 0 heterocycles. The first-order valence-electron chi connectivity index (χ1n) is 7.35. The molecule has 0 spiro atoms. The Morgan fingerprint density at radius 3 is 2.77 bits per heavy atom. The van der Waals surface area contributed by atoms with E-state index in [1.54, 1.807) is 19.3 Å². The molecule has 5 heteroatoms. The average Bonchev–Trinajstić information content (AvgIpc) is 2.56. The number of ether oxygens (including phenoxy) is 3. The van der Waals surface area contributed by atoms with E-state index < -0.39 is 5.97 Å². The van der Waals surface area contributed by atoms with E-state index in [0.717, 1.165) is 5.56 Å². The van der Waals surface area contributed by atoms with Crippen molar-refractivity contribution in [2.45, 2.75) is 32.3 Å². The van der Waals surface area contributed by atoms with E-state index >= 15 is 0 Å². The highest BCUT2D eigenvalue weighted by Gasteiger charge is 2.12. The molecule has 0 fully saturated rings. The smallest absolute Gasteiger partial charge is 0.373 e. The van der Waals surface area contributed by atoms with Gasteiger partial charge in [-0.25, -0.2) is 4.79 Å². The molecule has 1 N–H and O–H groups in total. The van der Waals surface area contributed by atoms with Crippen LogP contribution in [0.1, 0.15) is 31.7 Å². The summed E-state index contributed by atoms with van der Waals surface area (Å²) in [5, 5.41) is 9.50. The largest absolute Gasteiger partial charge is 0.497 e. The van der Waals surface area contributed by atoms with Crippen LogP contribution in [-0.4, -0.2) is 38.0 Å². The molecule has 1 aromatic rings. The van der Waals surface area contributed by atoms with Crippen molar-refractivity contribution in [3.05, 3.63) is 35.6 Å². The van der Waals surface area contributed by atoms with Crippen molar-refractivity contribution in [2.75, 3.05) is 20.8 Å². The molecule has 1 rings (SSSR count). The SMILES string of the molecule is CCC(O)CCCOC(=Cc1cccc(OC)c1)C(=O)OC. The first-order valence-corrected chi connectivity index (χ1v) is 7.35. The highest BCUT2D eigenvalue weighted by atomic mass is 16.6. The number of carbonyl (C=O) groups excluding carboxylic acids is 1. The lowest BCUT2D eigenvalue weighted by Crippen LogP contribution is -2.11. The normalized spacial score (nSPS) is 12.6.